The van der Waals surface area contributed by atoms with E-state index in [1.807, 2.05) is 0 Å². The number of hydrogen-bond donors (Lipinski definition) is 1. The topological polar surface area (TPSA) is 0 Å². The van der Waals surface area contributed by atoms with Crippen LogP contribution in [0.2, 0.25) is 0 Å². The van der Waals surface area contributed by atoms with E-state index >= 15 is 0 Å². The molecule has 1 aliphatic carbocycles. The first-order valence-corrected chi connectivity index (χ1v) is 5.32. The molecule has 1 heteroatoms. The second-order valence-corrected chi connectivity index (χ2v) is 4.40. The average molecular weight is 171 g/mol. The highest BCUT2D eigenvalue weighted by Crippen LogP contribution is 2.30. The van der Waals surface area contributed by atoms with Crippen molar-refractivity contribution in [2.45, 2.75) is 50.2 Å². The zero-order chi connectivity index (χ0) is 8.10. The Labute approximate surface area is 76.2 Å². The smallest absolute Gasteiger partial charge is 0.00170 e. The van der Waals surface area contributed by atoms with Gasteiger partial charge in [0.2, 0.25) is 0 Å². The minimum atomic E-state index is 0.700. The largest absolute Gasteiger partial charge is 0.176 e. The van der Waals surface area contributed by atoms with Crippen LogP contribution in [0, 0.1) is 12.8 Å². The van der Waals surface area contributed by atoms with E-state index < -0.39 is 0 Å². The Hall–Kier alpha value is 0.350. The summed E-state index contributed by atoms with van der Waals surface area (Å²) in [7, 11) is 0. The Kier molecular flexibility index (Phi) is 4.36. The van der Waals surface area contributed by atoms with Crippen LogP contribution in [0.15, 0.2) is 0 Å². The molecule has 0 bridgehead atoms. The molecule has 65 valence electrons. The fraction of sp³-hybridized carbons (Fsp3) is 0.900. The zero-order valence-corrected chi connectivity index (χ0v) is 8.15. The average Bonchev–Trinajstić information content (AvgIpc) is 2.04. The van der Waals surface area contributed by atoms with E-state index in [0.29, 0.717) is 5.25 Å². The first kappa shape index (κ1) is 9.44. The first-order valence-electron chi connectivity index (χ1n) is 4.80. The first-order chi connectivity index (χ1) is 5.33. The molecule has 0 aliphatic heterocycles. The van der Waals surface area contributed by atoms with Crippen molar-refractivity contribution in [1.29, 1.82) is 0 Å². The van der Waals surface area contributed by atoms with Crippen molar-refractivity contribution in [3.63, 3.8) is 0 Å². The number of hydrogen-bond acceptors (Lipinski definition) is 1. The highest BCUT2D eigenvalue weighted by Gasteiger charge is 2.17. The second kappa shape index (κ2) is 5.08. The van der Waals surface area contributed by atoms with Gasteiger partial charge in [-0.3, -0.25) is 0 Å². The molecule has 0 amide bonds. The summed E-state index contributed by atoms with van der Waals surface area (Å²) in [6.07, 6.45) is 9.34. The number of unbranched alkanes of at least 4 members (excludes halogenated alkanes) is 1. The van der Waals surface area contributed by atoms with Gasteiger partial charge in [-0.05, 0) is 31.6 Å². The molecule has 0 aromatic heterocycles. The van der Waals surface area contributed by atoms with Gasteiger partial charge in [0.15, 0.2) is 0 Å². The fourth-order valence-corrected chi connectivity index (χ4v) is 2.16. The third-order valence-electron chi connectivity index (χ3n) is 2.68. The van der Waals surface area contributed by atoms with Crippen molar-refractivity contribution in [3.05, 3.63) is 6.92 Å². The van der Waals surface area contributed by atoms with Crippen molar-refractivity contribution in [3.8, 4) is 0 Å². The standard InChI is InChI=1S/C10H19S/c1-2-3-4-9-5-7-10(11)8-6-9/h9-11H,1-8H2. The van der Waals surface area contributed by atoms with E-state index in [9.17, 15) is 0 Å². The molecule has 0 spiro atoms. The van der Waals surface area contributed by atoms with Crippen molar-refractivity contribution in [2.24, 2.45) is 5.92 Å². The van der Waals surface area contributed by atoms with Gasteiger partial charge in [0.1, 0.15) is 0 Å². The molecule has 1 saturated carbocycles. The van der Waals surface area contributed by atoms with E-state index in [1.54, 1.807) is 0 Å². The summed E-state index contributed by atoms with van der Waals surface area (Å²) in [5.41, 5.74) is 0. The predicted molar refractivity (Wildman–Crippen MR) is 53.9 cm³/mol. The van der Waals surface area contributed by atoms with Crippen LogP contribution in [-0.4, -0.2) is 5.25 Å². The molecule has 0 saturated heterocycles. The minimum Gasteiger partial charge on any atom is -0.176 e. The van der Waals surface area contributed by atoms with E-state index in [2.05, 4.69) is 19.6 Å². The molecule has 0 atom stereocenters. The van der Waals surface area contributed by atoms with E-state index in [-0.39, 0.29) is 0 Å². The SMILES string of the molecule is [CH2]CCCC1CCC(S)CC1. The van der Waals surface area contributed by atoms with Gasteiger partial charge in [-0.1, -0.05) is 26.2 Å². The molecule has 1 radical (unpaired) electrons. The molecule has 1 aliphatic rings. The minimum absolute atomic E-state index is 0.700. The summed E-state index contributed by atoms with van der Waals surface area (Å²) in [5, 5.41) is 0.700. The second-order valence-electron chi connectivity index (χ2n) is 3.67. The van der Waals surface area contributed by atoms with Gasteiger partial charge in [0.05, 0.1) is 0 Å². The third kappa shape index (κ3) is 3.50. The van der Waals surface area contributed by atoms with E-state index in [0.717, 1.165) is 12.3 Å². The van der Waals surface area contributed by atoms with Gasteiger partial charge < -0.3 is 0 Å². The van der Waals surface area contributed by atoms with Gasteiger partial charge in [-0.25, -0.2) is 0 Å². The van der Waals surface area contributed by atoms with Gasteiger partial charge >= 0.3 is 0 Å². The maximum Gasteiger partial charge on any atom is 0.00170 e. The third-order valence-corrected chi connectivity index (χ3v) is 3.20. The predicted octanol–water partition coefficient (Wildman–Crippen LogP) is 3.48. The lowest BCUT2D eigenvalue weighted by Gasteiger charge is -2.25. The van der Waals surface area contributed by atoms with Crippen molar-refractivity contribution < 1.29 is 0 Å². The summed E-state index contributed by atoms with van der Waals surface area (Å²) >= 11 is 4.48. The van der Waals surface area contributed by atoms with Gasteiger partial charge in [0, 0.05) is 5.25 Å². The lowest BCUT2D eigenvalue weighted by Crippen LogP contribution is -2.14. The van der Waals surface area contributed by atoms with Crippen LogP contribution in [0.3, 0.4) is 0 Å². The Morgan fingerprint density at radius 1 is 1.18 bits per heavy atom. The maximum atomic E-state index is 4.48. The van der Waals surface area contributed by atoms with Crippen LogP contribution < -0.4 is 0 Å². The summed E-state index contributed by atoms with van der Waals surface area (Å²) in [6, 6.07) is 0. The summed E-state index contributed by atoms with van der Waals surface area (Å²) in [4.78, 5) is 0. The van der Waals surface area contributed by atoms with Crippen molar-refractivity contribution in [2.75, 3.05) is 0 Å². The molecule has 0 heterocycles. The van der Waals surface area contributed by atoms with Crippen LogP contribution >= 0.6 is 12.6 Å². The van der Waals surface area contributed by atoms with E-state index in [1.165, 1.54) is 38.5 Å². The molecule has 0 aromatic carbocycles. The monoisotopic (exact) mass is 171 g/mol. The number of thiol groups is 1. The normalized spacial score (nSPS) is 32.2. The number of rotatable bonds is 3. The molecule has 0 N–H and O–H groups in total. The molecule has 11 heavy (non-hydrogen) atoms. The Bertz CT molecular complexity index is 90.3. The molecule has 1 rings (SSSR count). The lowest BCUT2D eigenvalue weighted by molar-refractivity contribution is 0.340. The lowest BCUT2D eigenvalue weighted by atomic mass is 9.85. The fourth-order valence-electron chi connectivity index (χ4n) is 1.87. The Morgan fingerprint density at radius 3 is 2.36 bits per heavy atom. The van der Waals surface area contributed by atoms with Gasteiger partial charge in [0.25, 0.3) is 0 Å². The van der Waals surface area contributed by atoms with Crippen molar-refractivity contribution >= 4 is 12.6 Å². The molecule has 0 aromatic rings. The van der Waals surface area contributed by atoms with Gasteiger partial charge in [-0.2, -0.15) is 12.6 Å². The molecule has 0 unspecified atom stereocenters. The van der Waals surface area contributed by atoms with Crippen molar-refractivity contribution in [1.82, 2.24) is 0 Å². The van der Waals surface area contributed by atoms with Gasteiger partial charge in [-0.15, -0.1) is 0 Å². The van der Waals surface area contributed by atoms with Crippen LogP contribution in [0.1, 0.15) is 44.9 Å². The summed E-state index contributed by atoms with van der Waals surface area (Å²) in [5.74, 6) is 1.00. The van der Waals surface area contributed by atoms with E-state index in [4.69, 9.17) is 0 Å². The molecular weight excluding hydrogens is 152 g/mol. The van der Waals surface area contributed by atoms with Crippen LogP contribution in [0.5, 0.6) is 0 Å². The maximum absolute atomic E-state index is 4.48. The molecule has 1 fully saturated rings. The highest BCUT2D eigenvalue weighted by molar-refractivity contribution is 7.80. The van der Waals surface area contributed by atoms with Crippen LogP contribution in [0.25, 0.3) is 0 Å². The quantitative estimate of drug-likeness (QED) is 0.617. The van der Waals surface area contributed by atoms with Crippen LogP contribution in [-0.2, 0) is 0 Å². The molecule has 0 nitrogen and oxygen atoms in total. The summed E-state index contributed by atoms with van der Waals surface area (Å²) < 4.78 is 0. The Morgan fingerprint density at radius 2 is 1.82 bits per heavy atom. The molecular formula is C10H19S. The highest BCUT2D eigenvalue weighted by atomic mass is 32.1. The Balaban J connectivity index is 2.07. The summed E-state index contributed by atoms with van der Waals surface area (Å²) in [6.45, 7) is 3.87. The zero-order valence-electron chi connectivity index (χ0n) is 7.26. The van der Waals surface area contributed by atoms with Crippen LogP contribution in [0.4, 0.5) is 0 Å².